The molecule has 0 saturated carbocycles. The van der Waals surface area contributed by atoms with E-state index in [1.165, 1.54) is 12.1 Å². The van der Waals surface area contributed by atoms with Gasteiger partial charge in [-0.25, -0.2) is 4.39 Å². The smallest absolute Gasteiger partial charge is 0.197 e. The van der Waals surface area contributed by atoms with Gasteiger partial charge in [0.25, 0.3) is 0 Å². The zero-order valence-electron chi connectivity index (χ0n) is 10.5. The van der Waals surface area contributed by atoms with Gasteiger partial charge >= 0.3 is 0 Å². The lowest BCUT2D eigenvalue weighted by Crippen LogP contribution is -2.07. The van der Waals surface area contributed by atoms with E-state index < -0.39 is 5.82 Å². The normalized spacial score (nSPS) is 10.7. The molecule has 20 heavy (non-hydrogen) atoms. The second kappa shape index (κ2) is 4.74. The number of anilines is 1. The summed E-state index contributed by atoms with van der Waals surface area (Å²) in [5, 5.41) is 0.855. The zero-order valence-corrected chi connectivity index (χ0v) is 10.5. The van der Waals surface area contributed by atoms with Crippen LogP contribution in [0.25, 0.3) is 10.9 Å². The fraction of sp³-hybridized carbons (Fsp3) is 0. The number of nitrogens with two attached hydrogens (primary N) is 1. The zero-order chi connectivity index (χ0) is 14.1. The van der Waals surface area contributed by atoms with Crippen LogP contribution in [0.1, 0.15) is 15.9 Å². The number of hydrogen-bond donors (Lipinski definition) is 1. The molecule has 0 aliphatic rings. The summed E-state index contributed by atoms with van der Waals surface area (Å²) in [6.45, 7) is 0. The molecule has 0 spiro atoms. The van der Waals surface area contributed by atoms with Crippen molar-refractivity contribution in [1.82, 2.24) is 4.98 Å². The summed E-state index contributed by atoms with van der Waals surface area (Å²) in [6, 6.07) is 12.7. The number of hydrogen-bond acceptors (Lipinski definition) is 3. The summed E-state index contributed by atoms with van der Waals surface area (Å²) in [5.41, 5.74) is 7.18. The predicted molar refractivity (Wildman–Crippen MR) is 76.0 cm³/mol. The lowest BCUT2D eigenvalue weighted by Gasteiger charge is -2.07. The summed E-state index contributed by atoms with van der Waals surface area (Å²) < 4.78 is 13.3. The Hall–Kier alpha value is -2.75. The Morgan fingerprint density at radius 3 is 2.70 bits per heavy atom. The molecule has 0 saturated heterocycles. The van der Waals surface area contributed by atoms with Crippen molar-refractivity contribution in [1.29, 1.82) is 0 Å². The fourth-order valence-corrected chi connectivity index (χ4v) is 2.16. The third-order valence-corrected chi connectivity index (χ3v) is 3.14. The Balaban J connectivity index is 2.20. The first-order chi connectivity index (χ1) is 9.66. The first-order valence-corrected chi connectivity index (χ1v) is 6.10. The van der Waals surface area contributed by atoms with E-state index in [1.807, 2.05) is 12.1 Å². The van der Waals surface area contributed by atoms with Crippen LogP contribution >= 0.6 is 0 Å². The number of carbonyl (C=O) groups is 1. The van der Waals surface area contributed by atoms with E-state index in [4.69, 9.17) is 5.73 Å². The first kappa shape index (κ1) is 12.3. The van der Waals surface area contributed by atoms with Gasteiger partial charge in [0.2, 0.25) is 0 Å². The van der Waals surface area contributed by atoms with E-state index in [9.17, 15) is 9.18 Å². The van der Waals surface area contributed by atoms with Crippen molar-refractivity contribution in [3.05, 3.63) is 71.7 Å². The Morgan fingerprint density at radius 2 is 1.85 bits per heavy atom. The van der Waals surface area contributed by atoms with Crippen molar-refractivity contribution >= 4 is 22.4 Å². The van der Waals surface area contributed by atoms with Crippen molar-refractivity contribution in [3.8, 4) is 0 Å². The summed E-state index contributed by atoms with van der Waals surface area (Å²) in [6.07, 6.45) is 1.62. The second-order valence-electron chi connectivity index (χ2n) is 4.44. The molecular formula is C16H11FN2O. The van der Waals surface area contributed by atoms with Gasteiger partial charge in [-0.05, 0) is 30.3 Å². The first-order valence-electron chi connectivity index (χ1n) is 6.10. The molecule has 2 aromatic carbocycles. The SMILES string of the molecule is Nc1ccc(F)cc1C(=O)c1cccc2cccnc12. The molecule has 3 aromatic rings. The van der Waals surface area contributed by atoms with Crippen molar-refractivity contribution < 1.29 is 9.18 Å². The van der Waals surface area contributed by atoms with E-state index in [2.05, 4.69) is 4.98 Å². The third-order valence-electron chi connectivity index (χ3n) is 3.14. The van der Waals surface area contributed by atoms with Crippen LogP contribution < -0.4 is 5.73 Å². The molecular weight excluding hydrogens is 255 g/mol. The predicted octanol–water partition coefficient (Wildman–Crippen LogP) is 3.19. The number of nitrogen functional groups attached to an aromatic ring is 1. The molecule has 98 valence electrons. The molecule has 0 aliphatic heterocycles. The second-order valence-corrected chi connectivity index (χ2v) is 4.44. The van der Waals surface area contributed by atoms with Crippen molar-refractivity contribution in [2.45, 2.75) is 0 Å². The van der Waals surface area contributed by atoms with E-state index in [-0.39, 0.29) is 17.0 Å². The largest absolute Gasteiger partial charge is 0.398 e. The highest BCUT2D eigenvalue weighted by Gasteiger charge is 2.16. The maximum atomic E-state index is 13.3. The Bertz CT molecular complexity index is 809. The van der Waals surface area contributed by atoms with Gasteiger partial charge in [-0.15, -0.1) is 0 Å². The third kappa shape index (κ3) is 2.01. The van der Waals surface area contributed by atoms with E-state index in [1.54, 1.807) is 24.4 Å². The highest BCUT2D eigenvalue weighted by Crippen LogP contribution is 2.22. The fourth-order valence-electron chi connectivity index (χ4n) is 2.16. The van der Waals surface area contributed by atoms with Gasteiger partial charge in [0.05, 0.1) is 5.52 Å². The summed E-state index contributed by atoms with van der Waals surface area (Å²) in [4.78, 5) is 16.8. The van der Waals surface area contributed by atoms with Crippen LogP contribution in [0.2, 0.25) is 0 Å². The number of para-hydroxylation sites is 1. The molecule has 1 heterocycles. The maximum Gasteiger partial charge on any atom is 0.197 e. The molecule has 0 atom stereocenters. The molecule has 0 amide bonds. The molecule has 1 aromatic heterocycles. The van der Waals surface area contributed by atoms with Crippen LogP contribution in [-0.2, 0) is 0 Å². The lowest BCUT2D eigenvalue weighted by molar-refractivity contribution is 0.104. The molecule has 0 bridgehead atoms. The minimum absolute atomic E-state index is 0.156. The number of aromatic nitrogens is 1. The number of halogens is 1. The molecule has 2 N–H and O–H groups in total. The molecule has 0 fully saturated rings. The van der Waals surface area contributed by atoms with Crippen molar-refractivity contribution in [2.24, 2.45) is 0 Å². The highest BCUT2D eigenvalue weighted by atomic mass is 19.1. The van der Waals surface area contributed by atoms with Gasteiger partial charge in [-0.3, -0.25) is 9.78 Å². The van der Waals surface area contributed by atoms with Crippen LogP contribution in [0.4, 0.5) is 10.1 Å². The average molecular weight is 266 g/mol. The van der Waals surface area contributed by atoms with Crippen molar-refractivity contribution in [3.63, 3.8) is 0 Å². The number of rotatable bonds is 2. The van der Waals surface area contributed by atoms with Crippen LogP contribution in [0.5, 0.6) is 0 Å². The summed E-state index contributed by atoms with van der Waals surface area (Å²) in [7, 11) is 0. The van der Waals surface area contributed by atoms with Gasteiger partial charge in [-0.2, -0.15) is 0 Å². The summed E-state index contributed by atoms with van der Waals surface area (Å²) in [5.74, 6) is -0.818. The van der Waals surface area contributed by atoms with E-state index in [0.717, 1.165) is 11.5 Å². The highest BCUT2D eigenvalue weighted by molar-refractivity contribution is 6.17. The minimum atomic E-state index is -0.490. The van der Waals surface area contributed by atoms with Gasteiger partial charge in [0.1, 0.15) is 5.82 Å². The van der Waals surface area contributed by atoms with Gasteiger partial charge in [0, 0.05) is 28.4 Å². The monoisotopic (exact) mass is 266 g/mol. The Labute approximate surface area is 114 Å². The van der Waals surface area contributed by atoms with Gasteiger partial charge in [0.15, 0.2) is 5.78 Å². The standard InChI is InChI=1S/C16H11FN2O/c17-11-6-7-14(18)13(9-11)16(20)12-5-1-3-10-4-2-8-19-15(10)12/h1-9H,18H2. The van der Waals surface area contributed by atoms with Crippen LogP contribution in [0.3, 0.4) is 0 Å². The number of benzene rings is 2. The topological polar surface area (TPSA) is 56.0 Å². The summed E-state index contributed by atoms with van der Waals surface area (Å²) >= 11 is 0. The number of fused-ring (bicyclic) bond motifs is 1. The van der Waals surface area contributed by atoms with Crippen LogP contribution in [-0.4, -0.2) is 10.8 Å². The van der Waals surface area contributed by atoms with E-state index in [0.29, 0.717) is 11.1 Å². The number of nitrogens with zero attached hydrogens (tertiary/aromatic N) is 1. The molecule has 3 nitrogen and oxygen atoms in total. The van der Waals surface area contributed by atoms with Gasteiger partial charge < -0.3 is 5.73 Å². The Kier molecular flexibility index (Phi) is 2.91. The molecule has 0 radical (unpaired) electrons. The number of carbonyl (C=O) groups excluding carboxylic acids is 1. The number of pyridine rings is 1. The van der Waals surface area contributed by atoms with Crippen LogP contribution in [0.15, 0.2) is 54.7 Å². The van der Waals surface area contributed by atoms with Crippen LogP contribution in [0, 0.1) is 5.82 Å². The van der Waals surface area contributed by atoms with Gasteiger partial charge in [-0.1, -0.05) is 18.2 Å². The molecule has 4 heteroatoms. The van der Waals surface area contributed by atoms with E-state index >= 15 is 0 Å². The lowest BCUT2D eigenvalue weighted by atomic mass is 9.99. The van der Waals surface area contributed by atoms with Crippen molar-refractivity contribution in [2.75, 3.05) is 5.73 Å². The molecule has 0 aliphatic carbocycles. The molecule has 0 unspecified atom stereocenters. The minimum Gasteiger partial charge on any atom is -0.398 e. The molecule has 3 rings (SSSR count). The quantitative estimate of drug-likeness (QED) is 0.572. The average Bonchev–Trinajstić information content (AvgIpc) is 2.48. The number of ketones is 1. The Morgan fingerprint density at radius 1 is 1.05 bits per heavy atom. The maximum absolute atomic E-state index is 13.3.